The van der Waals surface area contributed by atoms with Gasteiger partial charge in [0.2, 0.25) is 0 Å². The van der Waals surface area contributed by atoms with E-state index in [2.05, 4.69) is 25.1 Å². The number of piperazine rings is 1. The summed E-state index contributed by atoms with van der Waals surface area (Å²) in [6.07, 6.45) is 5.35. The van der Waals surface area contributed by atoms with Crippen LogP contribution in [0, 0.1) is 12.7 Å². The van der Waals surface area contributed by atoms with Crippen LogP contribution in [0.5, 0.6) is 11.8 Å². The van der Waals surface area contributed by atoms with Crippen molar-refractivity contribution >= 4 is 16.7 Å². The molecule has 4 saturated heterocycles. The molecule has 2 bridgehead atoms. The van der Waals surface area contributed by atoms with Crippen molar-refractivity contribution in [2.24, 2.45) is 0 Å². The van der Waals surface area contributed by atoms with Crippen molar-refractivity contribution in [3.05, 3.63) is 71.7 Å². The molecule has 4 aliphatic rings. The highest BCUT2D eigenvalue weighted by Gasteiger charge is 2.49. The molecule has 0 spiro atoms. The SMILES string of the molecule is Cc1cccc(OCc2ccccc2)c1-c1ncc2c(N3CC4CCC(C3)N4)nc(OCC34CCCN3C[C@H](F)C4)nc2c1F. The van der Waals surface area contributed by atoms with Gasteiger partial charge in [0.15, 0.2) is 5.82 Å². The molecule has 4 aromatic rings. The van der Waals surface area contributed by atoms with E-state index in [4.69, 9.17) is 14.5 Å². The van der Waals surface area contributed by atoms with Gasteiger partial charge in [0, 0.05) is 49.9 Å². The second-order valence-corrected chi connectivity index (χ2v) is 13.1. The van der Waals surface area contributed by atoms with Crippen LogP contribution in [0.1, 0.15) is 43.2 Å². The lowest BCUT2D eigenvalue weighted by Gasteiger charge is -2.34. The van der Waals surface area contributed by atoms with Crippen molar-refractivity contribution in [2.45, 2.75) is 69.4 Å². The number of aromatic nitrogens is 3. The number of anilines is 1. The first kappa shape index (κ1) is 28.6. The fourth-order valence-electron chi connectivity index (χ4n) is 7.92. The number of alkyl halides is 1. The quantitative estimate of drug-likeness (QED) is 0.275. The molecule has 2 aromatic heterocycles. The van der Waals surface area contributed by atoms with E-state index in [1.165, 1.54) is 0 Å². The van der Waals surface area contributed by atoms with Gasteiger partial charge in [-0.3, -0.25) is 9.88 Å². The Morgan fingerprint density at radius 3 is 2.64 bits per heavy atom. The zero-order chi connectivity index (χ0) is 30.5. The Morgan fingerprint density at radius 2 is 1.82 bits per heavy atom. The Balaban J connectivity index is 1.19. The number of pyridine rings is 1. The van der Waals surface area contributed by atoms with E-state index in [9.17, 15) is 4.39 Å². The summed E-state index contributed by atoms with van der Waals surface area (Å²) >= 11 is 0. The van der Waals surface area contributed by atoms with E-state index in [0.717, 1.165) is 56.4 Å². The van der Waals surface area contributed by atoms with E-state index in [-0.39, 0.29) is 29.4 Å². The zero-order valence-electron chi connectivity index (χ0n) is 25.5. The van der Waals surface area contributed by atoms with Gasteiger partial charge in [-0.1, -0.05) is 42.5 Å². The van der Waals surface area contributed by atoms with Gasteiger partial charge >= 0.3 is 6.01 Å². The van der Waals surface area contributed by atoms with E-state index in [1.807, 2.05) is 55.5 Å². The summed E-state index contributed by atoms with van der Waals surface area (Å²) in [5.74, 6) is 0.645. The Hall–Kier alpha value is -3.89. The van der Waals surface area contributed by atoms with Crippen LogP contribution >= 0.6 is 0 Å². The second kappa shape index (κ2) is 11.5. The van der Waals surface area contributed by atoms with Crippen LogP contribution < -0.4 is 19.7 Å². The maximum atomic E-state index is 16.8. The Labute approximate surface area is 261 Å². The average molecular weight is 613 g/mol. The van der Waals surface area contributed by atoms with Crippen LogP contribution in [-0.4, -0.2) is 76.4 Å². The van der Waals surface area contributed by atoms with Gasteiger partial charge in [0.1, 0.15) is 42.2 Å². The molecule has 1 N–H and O–H groups in total. The molecule has 6 heterocycles. The molecular formula is C35H38F2N6O2. The Bertz CT molecular complexity index is 1710. The topological polar surface area (TPSA) is 75.6 Å². The number of benzene rings is 2. The largest absolute Gasteiger partial charge is 0.488 e. The number of nitrogens with zero attached hydrogens (tertiary/aromatic N) is 5. The van der Waals surface area contributed by atoms with Gasteiger partial charge in [0.25, 0.3) is 0 Å². The van der Waals surface area contributed by atoms with Crippen molar-refractivity contribution in [3.8, 4) is 23.0 Å². The fourth-order valence-corrected chi connectivity index (χ4v) is 7.92. The number of nitrogens with one attached hydrogen (secondary N) is 1. The van der Waals surface area contributed by atoms with Gasteiger partial charge in [-0.05, 0) is 56.3 Å². The predicted octanol–water partition coefficient (Wildman–Crippen LogP) is 5.61. The van der Waals surface area contributed by atoms with Crippen molar-refractivity contribution in [1.29, 1.82) is 0 Å². The zero-order valence-corrected chi connectivity index (χ0v) is 25.5. The van der Waals surface area contributed by atoms with Crippen molar-refractivity contribution < 1.29 is 18.3 Å². The summed E-state index contributed by atoms with van der Waals surface area (Å²) in [4.78, 5) is 18.6. The Morgan fingerprint density at radius 1 is 1.00 bits per heavy atom. The van der Waals surface area contributed by atoms with Gasteiger partial charge in [-0.2, -0.15) is 9.97 Å². The number of fused-ring (bicyclic) bond motifs is 4. The number of aryl methyl sites for hydroxylation is 1. The molecule has 8 rings (SSSR count). The normalized spacial score (nSPS) is 26.0. The summed E-state index contributed by atoms with van der Waals surface area (Å²) in [7, 11) is 0. The molecular weight excluding hydrogens is 574 g/mol. The maximum Gasteiger partial charge on any atom is 0.319 e. The van der Waals surface area contributed by atoms with Crippen LogP contribution in [0.4, 0.5) is 14.6 Å². The van der Waals surface area contributed by atoms with Crippen molar-refractivity contribution in [2.75, 3.05) is 37.7 Å². The smallest absolute Gasteiger partial charge is 0.319 e. The first-order valence-corrected chi connectivity index (χ1v) is 16.1. The molecule has 3 unspecified atom stereocenters. The van der Waals surface area contributed by atoms with Crippen molar-refractivity contribution in [3.63, 3.8) is 0 Å². The van der Waals surface area contributed by atoms with E-state index < -0.39 is 12.0 Å². The van der Waals surface area contributed by atoms with Gasteiger partial charge in [-0.25, -0.2) is 8.78 Å². The van der Waals surface area contributed by atoms with Gasteiger partial charge < -0.3 is 19.7 Å². The van der Waals surface area contributed by atoms with Crippen LogP contribution in [-0.2, 0) is 6.61 Å². The molecule has 4 atom stereocenters. The van der Waals surface area contributed by atoms with E-state index in [0.29, 0.717) is 54.2 Å². The highest BCUT2D eigenvalue weighted by molar-refractivity contribution is 5.92. The molecule has 0 saturated carbocycles. The van der Waals surface area contributed by atoms with Crippen LogP contribution in [0.15, 0.2) is 54.7 Å². The summed E-state index contributed by atoms with van der Waals surface area (Å²) in [6.45, 7) is 5.39. The standard InChI is InChI=1S/C35H38F2N6O2/c1-22-7-5-10-28(44-20-23-8-3-2-4-9-23)29(22)32-30(37)31-27(16-38-32)33(42-18-25-11-12-26(19-42)39-25)41-34(40-31)45-21-35-13-6-14-43(35)17-24(36)15-35/h2-5,7-10,16,24-26,39H,6,11-15,17-21H2,1H3/t24-,25?,26?,35?/m1/s1. The number of ether oxygens (including phenoxy) is 2. The molecule has 45 heavy (non-hydrogen) atoms. The summed E-state index contributed by atoms with van der Waals surface area (Å²) in [5.41, 5.74) is 2.44. The number of halogens is 2. The lowest BCUT2D eigenvalue weighted by molar-refractivity contribution is 0.107. The molecule has 2 aromatic carbocycles. The number of hydrogen-bond acceptors (Lipinski definition) is 8. The second-order valence-electron chi connectivity index (χ2n) is 13.1. The molecule has 4 aliphatic heterocycles. The van der Waals surface area contributed by atoms with E-state index >= 15 is 4.39 Å². The van der Waals surface area contributed by atoms with Crippen molar-refractivity contribution in [1.82, 2.24) is 25.2 Å². The molecule has 4 fully saturated rings. The Kier molecular flexibility index (Phi) is 7.29. The number of rotatable bonds is 8. The number of hydrogen-bond donors (Lipinski definition) is 1. The van der Waals surface area contributed by atoms with Crippen LogP contribution in [0.2, 0.25) is 0 Å². The highest BCUT2D eigenvalue weighted by Crippen LogP contribution is 2.41. The minimum atomic E-state index is -0.864. The molecule has 0 aliphatic carbocycles. The molecule has 10 heteroatoms. The van der Waals surface area contributed by atoms with Gasteiger partial charge in [-0.15, -0.1) is 0 Å². The monoisotopic (exact) mass is 612 g/mol. The van der Waals surface area contributed by atoms with Crippen LogP contribution in [0.25, 0.3) is 22.2 Å². The summed E-state index contributed by atoms with van der Waals surface area (Å²) < 4.78 is 43.8. The third kappa shape index (κ3) is 5.27. The first-order valence-electron chi connectivity index (χ1n) is 16.1. The minimum absolute atomic E-state index is 0.119. The summed E-state index contributed by atoms with van der Waals surface area (Å²) in [5, 5.41) is 4.21. The molecule has 0 radical (unpaired) electrons. The third-order valence-corrected chi connectivity index (χ3v) is 10.1. The molecule has 234 valence electrons. The minimum Gasteiger partial charge on any atom is -0.488 e. The predicted molar refractivity (Wildman–Crippen MR) is 169 cm³/mol. The lowest BCUT2D eigenvalue weighted by atomic mass is 9.95. The van der Waals surface area contributed by atoms with Crippen LogP contribution in [0.3, 0.4) is 0 Å². The third-order valence-electron chi connectivity index (χ3n) is 10.1. The molecule has 0 amide bonds. The maximum absolute atomic E-state index is 16.8. The highest BCUT2D eigenvalue weighted by atomic mass is 19.1. The van der Waals surface area contributed by atoms with E-state index in [1.54, 1.807) is 6.20 Å². The molecule has 8 nitrogen and oxygen atoms in total. The van der Waals surface area contributed by atoms with Gasteiger partial charge in [0.05, 0.1) is 10.9 Å². The summed E-state index contributed by atoms with van der Waals surface area (Å²) in [6, 6.07) is 16.4. The first-order chi connectivity index (χ1) is 22.0. The lowest BCUT2D eigenvalue weighted by Crippen LogP contribution is -2.51. The fraction of sp³-hybridized carbons (Fsp3) is 0.457. The average Bonchev–Trinajstić information content (AvgIpc) is 3.70.